The van der Waals surface area contributed by atoms with Gasteiger partial charge < -0.3 is 5.32 Å². The number of fused-ring (bicyclic) bond motifs is 1. The Kier molecular flexibility index (Phi) is 5.25. The number of halogens is 1. The third-order valence-electron chi connectivity index (χ3n) is 3.69. The molecule has 0 atom stereocenters. The van der Waals surface area contributed by atoms with Crippen molar-refractivity contribution in [1.82, 2.24) is 0 Å². The Balaban J connectivity index is 0.00000176. The van der Waals surface area contributed by atoms with Crippen LogP contribution >= 0.6 is 24.2 Å². The average molecular weight is 332 g/mol. The van der Waals surface area contributed by atoms with E-state index in [4.69, 9.17) is 0 Å². The van der Waals surface area contributed by atoms with Crippen molar-refractivity contribution in [3.05, 3.63) is 65.7 Å². The van der Waals surface area contributed by atoms with Gasteiger partial charge >= 0.3 is 0 Å². The standard InChI is InChI=1S/C19H21NS.ClH/c1-14-12-19(2,3)20-18-10-9-15(11-17(14)18)13-21-16-7-5-4-6-8-16;/h4-12,20H,13H2,1-3H3;1H. The van der Waals surface area contributed by atoms with Gasteiger partial charge in [0.2, 0.25) is 0 Å². The number of allylic oxidation sites excluding steroid dienone is 1. The summed E-state index contributed by atoms with van der Waals surface area (Å²) in [5.41, 5.74) is 5.35. The zero-order valence-electron chi connectivity index (χ0n) is 13.2. The van der Waals surface area contributed by atoms with Crippen molar-refractivity contribution < 1.29 is 0 Å². The van der Waals surface area contributed by atoms with Crippen LogP contribution < -0.4 is 5.32 Å². The van der Waals surface area contributed by atoms with Gasteiger partial charge in [-0.3, -0.25) is 0 Å². The van der Waals surface area contributed by atoms with Gasteiger partial charge in [0.25, 0.3) is 0 Å². The van der Waals surface area contributed by atoms with E-state index in [1.54, 1.807) is 0 Å². The fourth-order valence-corrected chi connectivity index (χ4v) is 3.66. The van der Waals surface area contributed by atoms with Crippen LogP contribution in [0.3, 0.4) is 0 Å². The van der Waals surface area contributed by atoms with Crippen molar-refractivity contribution in [3.63, 3.8) is 0 Å². The smallest absolute Gasteiger partial charge is 0.0505 e. The molecule has 3 rings (SSSR count). The Morgan fingerprint density at radius 1 is 1.05 bits per heavy atom. The van der Waals surface area contributed by atoms with E-state index in [0.717, 1.165) is 5.75 Å². The minimum Gasteiger partial charge on any atom is -0.376 e. The highest BCUT2D eigenvalue weighted by Crippen LogP contribution is 2.35. The second-order valence-electron chi connectivity index (χ2n) is 6.16. The van der Waals surface area contributed by atoms with Gasteiger partial charge in [-0.15, -0.1) is 24.2 Å². The van der Waals surface area contributed by atoms with Crippen LogP contribution in [-0.4, -0.2) is 5.54 Å². The Morgan fingerprint density at radius 2 is 1.77 bits per heavy atom. The lowest BCUT2D eigenvalue weighted by molar-refractivity contribution is 0.707. The third kappa shape index (κ3) is 3.88. The maximum Gasteiger partial charge on any atom is 0.0505 e. The molecule has 0 fully saturated rings. The first kappa shape index (κ1) is 17.0. The zero-order valence-corrected chi connectivity index (χ0v) is 14.9. The van der Waals surface area contributed by atoms with Gasteiger partial charge in [0.05, 0.1) is 5.54 Å². The largest absolute Gasteiger partial charge is 0.376 e. The Hall–Kier alpha value is -1.38. The van der Waals surface area contributed by atoms with E-state index in [0.29, 0.717) is 0 Å². The van der Waals surface area contributed by atoms with Crippen LogP contribution in [0.2, 0.25) is 0 Å². The number of thioether (sulfide) groups is 1. The predicted octanol–water partition coefficient (Wildman–Crippen LogP) is 6.01. The highest BCUT2D eigenvalue weighted by molar-refractivity contribution is 7.98. The van der Waals surface area contributed by atoms with Gasteiger partial charge in [0.1, 0.15) is 0 Å². The molecular formula is C19H22ClNS. The molecule has 0 bridgehead atoms. The predicted molar refractivity (Wildman–Crippen MR) is 101 cm³/mol. The van der Waals surface area contributed by atoms with Gasteiger partial charge in [0.15, 0.2) is 0 Å². The number of nitrogens with one attached hydrogen (secondary N) is 1. The molecule has 22 heavy (non-hydrogen) atoms. The molecule has 2 aromatic rings. The highest BCUT2D eigenvalue weighted by Gasteiger charge is 2.22. The minimum absolute atomic E-state index is 0. The summed E-state index contributed by atoms with van der Waals surface area (Å²) in [6.07, 6.45) is 2.31. The van der Waals surface area contributed by atoms with Crippen molar-refractivity contribution >= 4 is 35.4 Å². The van der Waals surface area contributed by atoms with E-state index in [-0.39, 0.29) is 17.9 Å². The molecule has 116 valence electrons. The maximum atomic E-state index is 3.58. The summed E-state index contributed by atoms with van der Waals surface area (Å²) in [5.74, 6) is 1.01. The molecule has 0 aliphatic carbocycles. The van der Waals surface area contributed by atoms with Crippen molar-refractivity contribution in [2.75, 3.05) is 5.32 Å². The quantitative estimate of drug-likeness (QED) is 0.691. The summed E-state index contributed by atoms with van der Waals surface area (Å²) < 4.78 is 0. The fraction of sp³-hybridized carbons (Fsp3) is 0.263. The lowest BCUT2D eigenvalue weighted by Crippen LogP contribution is -2.31. The summed E-state index contributed by atoms with van der Waals surface area (Å²) in [7, 11) is 0. The molecule has 1 nitrogen and oxygen atoms in total. The van der Waals surface area contributed by atoms with Crippen molar-refractivity contribution in [3.8, 4) is 0 Å². The molecule has 2 aromatic carbocycles. The van der Waals surface area contributed by atoms with E-state index in [2.05, 4.69) is 80.7 Å². The minimum atomic E-state index is 0. The van der Waals surface area contributed by atoms with Crippen LogP contribution in [0, 0.1) is 0 Å². The van der Waals surface area contributed by atoms with E-state index < -0.39 is 0 Å². The molecule has 0 saturated carbocycles. The van der Waals surface area contributed by atoms with Crippen molar-refractivity contribution in [2.24, 2.45) is 0 Å². The van der Waals surface area contributed by atoms with E-state index in [1.165, 1.54) is 27.3 Å². The third-order valence-corrected chi connectivity index (χ3v) is 4.77. The Morgan fingerprint density at radius 3 is 2.50 bits per heavy atom. The summed E-state index contributed by atoms with van der Waals surface area (Å²) in [4.78, 5) is 1.32. The number of benzene rings is 2. The number of rotatable bonds is 3. The average Bonchev–Trinajstić information content (AvgIpc) is 2.45. The SMILES string of the molecule is CC1=CC(C)(C)Nc2ccc(CSc3ccccc3)cc21.Cl. The molecule has 1 aliphatic rings. The van der Waals surface area contributed by atoms with Crippen LogP contribution in [0.25, 0.3) is 5.57 Å². The number of anilines is 1. The molecule has 0 unspecified atom stereocenters. The summed E-state index contributed by atoms with van der Waals surface area (Å²) >= 11 is 1.89. The molecular weight excluding hydrogens is 310 g/mol. The molecule has 3 heteroatoms. The van der Waals surface area contributed by atoms with Crippen LogP contribution in [0.4, 0.5) is 5.69 Å². The monoisotopic (exact) mass is 331 g/mol. The van der Waals surface area contributed by atoms with Crippen LogP contribution in [0.1, 0.15) is 31.9 Å². The van der Waals surface area contributed by atoms with Crippen LogP contribution in [0.15, 0.2) is 59.5 Å². The molecule has 1 heterocycles. The highest BCUT2D eigenvalue weighted by atomic mass is 35.5. The first-order valence-electron chi connectivity index (χ1n) is 7.32. The van der Waals surface area contributed by atoms with Gasteiger partial charge in [-0.05, 0) is 56.2 Å². The molecule has 1 N–H and O–H groups in total. The van der Waals surface area contributed by atoms with Crippen molar-refractivity contribution in [1.29, 1.82) is 0 Å². The second kappa shape index (κ2) is 6.80. The number of hydrogen-bond acceptors (Lipinski definition) is 2. The lowest BCUT2D eigenvalue weighted by Gasteiger charge is -2.31. The number of hydrogen-bond donors (Lipinski definition) is 1. The molecule has 0 radical (unpaired) electrons. The topological polar surface area (TPSA) is 12.0 Å². The summed E-state index contributed by atoms with van der Waals surface area (Å²) in [5, 5.41) is 3.58. The van der Waals surface area contributed by atoms with Crippen molar-refractivity contribution in [2.45, 2.75) is 37.0 Å². The molecule has 0 spiro atoms. The zero-order chi connectivity index (χ0) is 14.9. The molecule has 0 saturated heterocycles. The van der Waals surface area contributed by atoms with Gasteiger partial charge in [-0.2, -0.15) is 0 Å². The van der Waals surface area contributed by atoms with E-state index >= 15 is 0 Å². The maximum absolute atomic E-state index is 3.58. The Labute approximate surface area is 143 Å². The first-order valence-corrected chi connectivity index (χ1v) is 8.31. The van der Waals surface area contributed by atoms with E-state index in [9.17, 15) is 0 Å². The van der Waals surface area contributed by atoms with Gasteiger partial charge in [0, 0.05) is 21.9 Å². The van der Waals surface area contributed by atoms with Gasteiger partial charge in [-0.1, -0.05) is 30.3 Å². The summed E-state index contributed by atoms with van der Waals surface area (Å²) in [6, 6.07) is 17.3. The van der Waals surface area contributed by atoms with Crippen LogP contribution in [-0.2, 0) is 5.75 Å². The normalized spacial score (nSPS) is 15.1. The molecule has 0 amide bonds. The molecule has 1 aliphatic heterocycles. The fourth-order valence-electron chi connectivity index (χ4n) is 2.80. The van der Waals surface area contributed by atoms with Crippen LogP contribution in [0.5, 0.6) is 0 Å². The summed E-state index contributed by atoms with van der Waals surface area (Å²) in [6.45, 7) is 6.62. The van der Waals surface area contributed by atoms with E-state index in [1.807, 2.05) is 11.8 Å². The van der Waals surface area contributed by atoms with Gasteiger partial charge in [-0.25, -0.2) is 0 Å². The second-order valence-corrected chi connectivity index (χ2v) is 7.20. The molecule has 0 aromatic heterocycles. The lowest BCUT2D eigenvalue weighted by atomic mass is 9.90. The first-order chi connectivity index (χ1) is 10.0. The Bertz CT molecular complexity index is 677.